The van der Waals surface area contributed by atoms with Crippen molar-refractivity contribution in [2.45, 2.75) is 6.61 Å². The second-order valence-corrected chi connectivity index (χ2v) is 5.20. The van der Waals surface area contributed by atoms with Crippen molar-refractivity contribution in [2.75, 3.05) is 0 Å². The number of ether oxygens (including phenoxy) is 1. The Morgan fingerprint density at radius 1 is 1.14 bits per heavy atom. The third-order valence-corrected chi connectivity index (χ3v) is 3.18. The molecule has 0 aliphatic heterocycles. The van der Waals surface area contributed by atoms with E-state index in [-0.39, 0.29) is 17.2 Å². The minimum atomic E-state index is 0.0290. The van der Waals surface area contributed by atoms with Crippen LogP contribution in [0.5, 0.6) is 6.01 Å². The summed E-state index contributed by atoms with van der Waals surface area (Å²) in [6, 6.07) is 7.86. The Kier molecular flexibility index (Phi) is 4.07. The Morgan fingerprint density at radius 3 is 2.67 bits per heavy atom. The third-order valence-electron chi connectivity index (χ3n) is 2.48. The van der Waals surface area contributed by atoms with Gasteiger partial charge in [0.05, 0.1) is 0 Å². The number of rotatable bonds is 4. The van der Waals surface area contributed by atoms with Crippen LogP contribution in [0.1, 0.15) is 5.56 Å². The number of hydrogen-bond donors (Lipinski definition) is 0. The first-order valence-corrected chi connectivity index (χ1v) is 7.01. The normalized spacial score (nSPS) is 10.6. The van der Waals surface area contributed by atoms with Crippen LogP contribution in [0, 0.1) is 0 Å². The molecule has 0 radical (unpaired) electrons. The topological polar surface area (TPSA) is 78.6 Å². The molecule has 106 valence electrons. The van der Waals surface area contributed by atoms with E-state index >= 15 is 0 Å². The predicted molar refractivity (Wildman–Crippen MR) is 78.2 cm³/mol. The highest BCUT2D eigenvalue weighted by molar-refractivity contribution is 9.10. The van der Waals surface area contributed by atoms with E-state index in [1.807, 2.05) is 24.3 Å². The zero-order valence-corrected chi connectivity index (χ0v) is 12.9. The second-order valence-electron chi connectivity index (χ2n) is 3.94. The molecule has 0 atom stereocenters. The van der Waals surface area contributed by atoms with Gasteiger partial charge >= 0.3 is 6.01 Å². The van der Waals surface area contributed by atoms with Crippen LogP contribution in [0.15, 0.2) is 41.4 Å². The molecule has 0 bridgehead atoms. The molecule has 9 heteroatoms. The molecule has 0 N–H and O–H groups in total. The minimum absolute atomic E-state index is 0.0290. The molecular weight excluding hydrogens is 360 g/mol. The van der Waals surface area contributed by atoms with Gasteiger partial charge in [0.1, 0.15) is 19.3 Å². The maximum atomic E-state index is 5.86. The fourth-order valence-corrected chi connectivity index (χ4v) is 1.94. The minimum Gasteiger partial charge on any atom is -0.458 e. The number of halogens is 2. The van der Waals surface area contributed by atoms with Gasteiger partial charge in [-0.2, -0.15) is 24.7 Å². The molecule has 0 aliphatic carbocycles. The molecule has 0 aliphatic rings. The zero-order chi connectivity index (χ0) is 14.7. The van der Waals surface area contributed by atoms with Gasteiger partial charge in [-0.15, -0.1) is 0 Å². The van der Waals surface area contributed by atoms with Crippen molar-refractivity contribution in [2.24, 2.45) is 0 Å². The van der Waals surface area contributed by atoms with Crippen molar-refractivity contribution in [3.8, 4) is 12.0 Å². The standard InChI is InChI=1S/C12H8BrClN6O/c13-9-3-1-8(2-4-9)5-21-12-18-10(14)17-11(19-12)20-7-15-6-16-20/h1-4,6-7H,5H2. The van der Waals surface area contributed by atoms with Gasteiger partial charge in [-0.3, -0.25) is 0 Å². The molecule has 3 aromatic rings. The fourth-order valence-electron chi connectivity index (χ4n) is 1.53. The molecule has 0 fully saturated rings. The Balaban J connectivity index is 1.78. The van der Waals surface area contributed by atoms with Crippen LogP contribution in [0.3, 0.4) is 0 Å². The molecule has 2 heterocycles. The molecule has 0 spiro atoms. The average Bonchev–Trinajstić information content (AvgIpc) is 3.00. The lowest BCUT2D eigenvalue weighted by atomic mass is 10.2. The third kappa shape index (κ3) is 3.53. The van der Waals surface area contributed by atoms with E-state index in [4.69, 9.17) is 16.3 Å². The molecule has 0 saturated carbocycles. The highest BCUT2D eigenvalue weighted by Crippen LogP contribution is 2.14. The van der Waals surface area contributed by atoms with E-state index < -0.39 is 0 Å². The van der Waals surface area contributed by atoms with Crippen LogP contribution < -0.4 is 4.74 Å². The summed E-state index contributed by atoms with van der Waals surface area (Å²) in [6.07, 6.45) is 2.84. The number of hydrogen-bond acceptors (Lipinski definition) is 6. The van der Waals surface area contributed by atoms with Crippen LogP contribution in [0.4, 0.5) is 0 Å². The first kappa shape index (κ1) is 13.9. The van der Waals surface area contributed by atoms with Crippen molar-refractivity contribution >= 4 is 27.5 Å². The summed E-state index contributed by atoms with van der Waals surface area (Å²) >= 11 is 9.24. The van der Waals surface area contributed by atoms with E-state index in [0.717, 1.165) is 10.0 Å². The van der Waals surface area contributed by atoms with Crippen LogP contribution in [-0.4, -0.2) is 29.7 Å². The summed E-state index contributed by atoms with van der Waals surface area (Å²) in [4.78, 5) is 15.8. The SMILES string of the molecule is Clc1nc(OCc2ccc(Br)cc2)nc(-n2cncn2)n1. The first-order chi connectivity index (χ1) is 10.2. The van der Waals surface area contributed by atoms with E-state index in [0.29, 0.717) is 6.61 Å². The fraction of sp³-hybridized carbons (Fsp3) is 0.0833. The quantitative estimate of drug-likeness (QED) is 0.705. The van der Waals surface area contributed by atoms with Crippen LogP contribution in [0.25, 0.3) is 5.95 Å². The molecule has 21 heavy (non-hydrogen) atoms. The van der Waals surface area contributed by atoms with Gasteiger partial charge in [0.25, 0.3) is 5.95 Å². The smallest absolute Gasteiger partial charge is 0.322 e. The van der Waals surface area contributed by atoms with Crippen molar-refractivity contribution in [1.29, 1.82) is 0 Å². The monoisotopic (exact) mass is 366 g/mol. The molecule has 1 aromatic carbocycles. The van der Waals surface area contributed by atoms with Crippen LogP contribution in [-0.2, 0) is 6.61 Å². The molecule has 0 saturated heterocycles. The van der Waals surface area contributed by atoms with Gasteiger partial charge in [-0.05, 0) is 29.3 Å². The van der Waals surface area contributed by atoms with E-state index in [2.05, 4.69) is 41.0 Å². The molecule has 2 aromatic heterocycles. The summed E-state index contributed by atoms with van der Waals surface area (Å²) in [6.45, 7) is 0.324. The van der Waals surface area contributed by atoms with Gasteiger partial charge in [0.15, 0.2) is 0 Å². The maximum Gasteiger partial charge on any atom is 0.322 e. The highest BCUT2D eigenvalue weighted by atomic mass is 79.9. The lowest BCUT2D eigenvalue weighted by Crippen LogP contribution is -2.07. The summed E-state index contributed by atoms with van der Waals surface area (Å²) in [5.74, 6) is 0.248. The van der Waals surface area contributed by atoms with Gasteiger partial charge in [-0.25, -0.2) is 4.98 Å². The van der Waals surface area contributed by atoms with Gasteiger partial charge in [0, 0.05) is 4.47 Å². The largest absolute Gasteiger partial charge is 0.458 e. The van der Waals surface area contributed by atoms with Crippen molar-refractivity contribution in [3.05, 3.63) is 52.2 Å². The molecule has 7 nitrogen and oxygen atoms in total. The summed E-state index contributed by atoms with van der Waals surface area (Å²) in [7, 11) is 0. The van der Waals surface area contributed by atoms with Crippen molar-refractivity contribution < 1.29 is 4.74 Å². The highest BCUT2D eigenvalue weighted by Gasteiger charge is 2.08. The molecule has 3 rings (SSSR count). The van der Waals surface area contributed by atoms with Crippen LogP contribution in [0.2, 0.25) is 5.28 Å². The Morgan fingerprint density at radius 2 is 1.95 bits per heavy atom. The number of nitrogens with zero attached hydrogens (tertiary/aromatic N) is 6. The summed E-state index contributed by atoms with van der Waals surface area (Å²) in [5.41, 5.74) is 0.983. The number of benzene rings is 1. The average molecular weight is 368 g/mol. The first-order valence-electron chi connectivity index (χ1n) is 5.84. The summed E-state index contributed by atoms with van der Waals surface area (Å²) < 4.78 is 7.91. The molecule has 0 amide bonds. The van der Waals surface area contributed by atoms with Crippen molar-refractivity contribution in [3.63, 3.8) is 0 Å². The Labute approximate surface area is 133 Å². The van der Waals surface area contributed by atoms with Gasteiger partial charge < -0.3 is 4.74 Å². The molecule has 0 unspecified atom stereocenters. The maximum absolute atomic E-state index is 5.86. The van der Waals surface area contributed by atoms with E-state index in [1.54, 1.807) is 0 Å². The zero-order valence-electron chi connectivity index (χ0n) is 10.5. The summed E-state index contributed by atoms with van der Waals surface area (Å²) in [5, 5.41) is 3.96. The van der Waals surface area contributed by atoms with E-state index in [9.17, 15) is 0 Å². The predicted octanol–water partition coefficient (Wildman–Crippen LogP) is 2.45. The Bertz CT molecular complexity index is 734. The van der Waals surface area contributed by atoms with Gasteiger partial charge in [-0.1, -0.05) is 28.1 Å². The van der Waals surface area contributed by atoms with Crippen molar-refractivity contribution in [1.82, 2.24) is 29.7 Å². The van der Waals surface area contributed by atoms with Gasteiger partial charge in [0.2, 0.25) is 5.28 Å². The van der Waals surface area contributed by atoms with Crippen LogP contribution >= 0.6 is 27.5 Å². The lowest BCUT2D eigenvalue weighted by molar-refractivity contribution is 0.279. The van der Waals surface area contributed by atoms with E-state index in [1.165, 1.54) is 17.3 Å². The molecular formula is C12H8BrClN6O. The lowest BCUT2D eigenvalue weighted by Gasteiger charge is -2.06. The number of aromatic nitrogens is 6. The Hall–Kier alpha value is -2.06. The second kappa shape index (κ2) is 6.15.